The molecule has 0 unspecified atom stereocenters. The second-order valence-electron chi connectivity index (χ2n) is 7.40. The minimum atomic E-state index is -0.419. The molecule has 0 aromatic carbocycles. The second-order valence-corrected chi connectivity index (χ2v) is 7.40. The van der Waals surface area contributed by atoms with Crippen molar-refractivity contribution in [2.45, 2.75) is 70.2 Å². The first-order valence-electron chi connectivity index (χ1n) is 9.68. The molecular weight excluding hydrogens is 338 g/mol. The molecule has 3 atom stereocenters. The van der Waals surface area contributed by atoms with Gasteiger partial charge < -0.3 is 30.5 Å². The molecule has 0 bridgehead atoms. The van der Waals surface area contributed by atoms with Gasteiger partial charge in [0, 0.05) is 31.7 Å². The maximum Gasteiger partial charge on any atom is 0.315 e. The monoisotopic (exact) mass is 371 g/mol. The predicted molar refractivity (Wildman–Crippen MR) is 96.7 cm³/mol. The summed E-state index contributed by atoms with van der Waals surface area (Å²) in [4.78, 5) is 24.0. The highest BCUT2D eigenvalue weighted by molar-refractivity contribution is 5.78. The summed E-state index contributed by atoms with van der Waals surface area (Å²) in [6, 6.07) is -0.389. The van der Waals surface area contributed by atoms with Crippen molar-refractivity contribution in [3.63, 3.8) is 0 Å². The zero-order valence-corrected chi connectivity index (χ0v) is 15.8. The Labute approximate surface area is 155 Å². The van der Waals surface area contributed by atoms with Gasteiger partial charge in [0.05, 0.1) is 18.8 Å². The fourth-order valence-electron chi connectivity index (χ4n) is 3.44. The number of aliphatic hydroxyl groups is 1. The number of ether oxygens (including phenoxy) is 2. The van der Waals surface area contributed by atoms with Gasteiger partial charge >= 0.3 is 6.03 Å². The summed E-state index contributed by atoms with van der Waals surface area (Å²) in [5.74, 6) is 0.141. The Bertz CT molecular complexity index is 454. The van der Waals surface area contributed by atoms with Gasteiger partial charge in [-0.15, -0.1) is 0 Å². The third-order valence-electron chi connectivity index (χ3n) is 4.89. The van der Waals surface area contributed by atoms with Crippen molar-refractivity contribution in [1.29, 1.82) is 0 Å². The van der Waals surface area contributed by atoms with Crippen LogP contribution in [0.5, 0.6) is 0 Å². The van der Waals surface area contributed by atoms with E-state index >= 15 is 0 Å². The Morgan fingerprint density at radius 1 is 1.15 bits per heavy atom. The molecule has 2 fully saturated rings. The zero-order chi connectivity index (χ0) is 18.9. The van der Waals surface area contributed by atoms with Crippen LogP contribution in [-0.4, -0.2) is 67.7 Å². The minimum Gasteiger partial charge on any atom is -0.394 e. The van der Waals surface area contributed by atoms with Crippen molar-refractivity contribution in [2.24, 2.45) is 5.92 Å². The molecule has 2 rings (SSSR count). The highest BCUT2D eigenvalue weighted by Crippen LogP contribution is 2.22. The Morgan fingerprint density at radius 2 is 1.88 bits per heavy atom. The number of rotatable bonds is 7. The average molecular weight is 371 g/mol. The molecule has 2 saturated heterocycles. The van der Waals surface area contributed by atoms with E-state index in [-0.39, 0.29) is 42.7 Å². The molecule has 0 radical (unpaired) electrons. The van der Waals surface area contributed by atoms with Crippen LogP contribution >= 0.6 is 0 Å². The van der Waals surface area contributed by atoms with E-state index in [1.807, 2.05) is 13.8 Å². The van der Waals surface area contributed by atoms with Crippen molar-refractivity contribution < 1.29 is 24.2 Å². The number of hydrogen-bond acceptors (Lipinski definition) is 5. The topological polar surface area (TPSA) is 109 Å². The molecule has 2 aliphatic heterocycles. The van der Waals surface area contributed by atoms with E-state index in [1.165, 1.54) is 0 Å². The number of aliphatic hydroxyl groups excluding tert-OH is 1. The summed E-state index contributed by atoms with van der Waals surface area (Å²) in [6.45, 7) is 5.51. The van der Waals surface area contributed by atoms with Gasteiger partial charge in [-0.05, 0) is 46.0 Å². The normalized spacial score (nSPS) is 27.2. The van der Waals surface area contributed by atoms with Gasteiger partial charge in [-0.2, -0.15) is 0 Å². The lowest BCUT2D eigenvalue weighted by Gasteiger charge is -2.36. The third-order valence-corrected chi connectivity index (χ3v) is 4.89. The second kappa shape index (κ2) is 10.7. The third kappa shape index (κ3) is 6.74. The van der Waals surface area contributed by atoms with Crippen molar-refractivity contribution in [3.05, 3.63) is 0 Å². The Balaban J connectivity index is 1.69. The van der Waals surface area contributed by atoms with Crippen molar-refractivity contribution in [2.75, 3.05) is 26.4 Å². The van der Waals surface area contributed by atoms with Crippen molar-refractivity contribution in [1.82, 2.24) is 16.0 Å². The molecule has 3 amide bonds. The number of carbonyl (C=O) groups excluding carboxylic acids is 2. The SMILES string of the molecule is CC(C)NC(=O)N[C@H]1CC[C@@H](CCNC(=O)C2CCOCC2)O[C@H]1CO. The van der Waals surface area contributed by atoms with E-state index in [1.54, 1.807) is 0 Å². The summed E-state index contributed by atoms with van der Waals surface area (Å²) in [6.07, 6.45) is 3.36. The molecule has 2 aliphatic rings. The van der Waals surface area contributed by atoms with Crippen molar-refractivity contribution >= 4 is 11.9 Å². The molecular formula is C18H33N3O5. The molecule has 0 aromatic rings. The van der Waals surface area contributed by atoms with Crippen LogP contribution < -0.4 is 16.0 Å². The Morgan fingerprint density at radius 3 is 2.54 bits per heavy atom. The van der Waals surface area contributed by atoms with Crippen LogP contribution in [0.4, 0.5) is 4.79 Å². The number of nitrogens with one attached hydrogen (secondary N) is 3. The van der Waals surface area contributed by atoms with Crippen LogP contribution in [0.25, 0.3) is 0 Å². The fourth-order valence-corrected chi connectivity index (χ4v) is 3.44. The maximum atomic E-state index is 12.1. The van der Waals surface area contributed by atoms with Crippen LogP contribution in [0.2, 0.25) is 0 Å². The van der Waals surface area contributed by atoms with E-state index in [0.717, 1.165) is 25.7 Å². The summed E-state index contributed by atoms with van der Waals surface area (Å²) >= 11 is 0. The first kappa shape index (κ1) is 20.9. The van der Waals surface area contributed by atoms with Crippen LogP contribution in [0.15, 0.2) is 0 Å². The van der Waals surface area contributed by atoms with Crippen LogP contribution in [0.1, 0.15) is 46.0 Å². The average Bonchev–Trinajstić information content (AvgIpc) is 2.62. The fraction of sp³-hybridized carbons (Fsp3) is 0.889. The largest absolute Gasteiger partial charge is 0.394 e. The number of carbonyl (C=O) groups is 2. The van der Waals surface area contributed by atoms with Crippen LogP contribution in [0, 0.1) is 5.92 Å². The van der Waals surface area contributed by atoms with Crippen LogP contribution in [0.3, 0.4) is 0 Å². The molecule has 8 heteroatoms. The minimum absolute atomic E-state index is 0.0200. The van der Waals surface area contributed by atoms with Gasteiger partial charge in [0.1, 0.15) is 6.10 Å². The predicted octanol–water partition coefficient (Wildman–Crippen LogP) is 0.535. The van der Waals surface area contributed by atoms with E-state index < -0.39 is 6.10 Å². The maximum absolute atomic E-state index is 12.1. The van der Waals surface area contributed by atoms with Crippen molar-refractivity contribution in [3.8, 4) is 0 Å². The Kier molecular flexibility index (Phi) is 8.61. The first-order chi connectivity index (χ1) is 12.5. The molecule has 26 heavy (non-hydrogen) atoms. The molecule has 0 spiro atoms. The summed E-state index contributed by atoms with van der Waals surface area (Å²) in [7, 11) is 0. The van der Waals surface area contributed by atoms with E-state index in [4.69, 9.17) is 9.47 Å². The molecule has 4 N–H and O–H groups in total. The molecule has 0 aromatic heterocycles. The summed E-state index contributed by atoms with van der Waals surface area (Å²) < 4.78 is 11.2. The van der Waals surface area contributed by atoms with E-state index in [9.17, 15) is 14.7 Å². The number of urea groups is 1. The smallest absolute Gasteiger partial charge is 0.315 e. The lowest BCUT2D eigenvalue weighted by Crippen LogP contribution is -2.54. The van der Waals surface area contributed by atoms with Crippen LogP contribution in [-0.2, 0) is 14.3 Å². The molecule has 8 nitrogen and oxygen atoms in total. The standard InChI is InChI=1S/C18H33N3O5/c1-12(2)20-18(24)21-15-4-3-14(26-16(15)11-22)5-8-19-17(23)13-6-9-25-10-7-13/h12-16,22H,3-11H2,1-2H3,(H,19,23)(H2,20,21,24)/t14-,15-,16-/m0/s1. The van der Waals surface area contributed by atoms with Gasteiger partial charge in [-0.3, -0.25) is 4.79 Å². The van der Waals surface area contributed by atoms with E-state index in [0.29, 0.717) is 26.2 Å². The number of hydrogen-bond donors (Lipinski definition) is 4. The van der Waals surface area contributed by atoms with Gasteiger partial charge in [-0.1, -0.05) is 0 Å². The zero-order valence-electron chi connectivity index (χ0n) is 15.8. The Hall–Kier alpha value is -1.38. The summed E-state index contributed by atoms with van der Waals surface area (Å²) in [5.41, 5.74) is 0. The molecule has 150 valence electrons. The van der Waals surface area contributed by atoms with E-state index in [2.05, 4.69) is 16.0 Å². The molecule has 0 saturated carbocycles. The highest BCUT2D eigenvalue weighted by atomic mass is 16.5. The van der Waals surface area contributed by atoms with Gasteiger partial charge in [-0.25, -0.2) is 4.79 Å². The lowest BCUT2D eigenvalue weighted by atomic mass is 9.96. The summed E-state index contributed by atoms with van der Waals surface area (Å²) in [5, 5.41) is 18.2. The van der Waals surface area contributed by atoms with Gasteiger partial charge in [0.25, 0.3) is 0 Å². The van der Waals surface area contributed by atoms with Gasteiger partial charge in [0.15, 0.2) is 0 Å². The first-order valence-corrected chi connectivity index (χ1v) is 9.68. The quantitative estimate of drug-likeness (QED) is 0.522. The highest BCUT2D eigenvalue weighted by Gasteiger charge is 2.32. The molecule has 0 aliphatic carbocycles. The van der Waals surface area contributed by atoms with Gasteiger partial charge in [0.2, 0.25) is 5.91 Å². The molecule has 2 heterocycles. The number of amides is 3. The lowest BCUT2D eigenvalue weighted by molar-refractivity contribution is -0.128.